The molecule has 0 aromatic heterocycles. The Kier molecular flexibility index (Phi) is 8.75. The molecule has 2 fully saturated rings. The fourth-order valence-corrected chi connectivity index (χ4v) is 5.99. The van der Waals surface area contributed by atoms with Crippen LogP contribution in [0.2, 0.25) is 0 Å². The van der Waals surface area contributed by atoms with Crippen molar-refractivity contribution in [2.24, 2.45) is 17.8 Å². The van der Waals surface area contributed by atoms with E-state index < -0.39 is 0 Å². The lowest BCUT2D eigenvalue weighted by Gasteiger charge is -2.38. The molecule has 3 rings (SSSR count). The third kappa shape index (κ3) is 6.37. The third-order valence-corrected chi connectivity index (χ3v) is 7.80. The van der Waals surface area contributed by atoms with Gasteiger partial charge < -0.3 is 0 Å². The Morgan fingerprint density at radius 2 is 1.30 bits per heavy atom. The summed E-state index contributed by atoms with van der Waals surface area (Å²) in [5.41, 5.74) is 3.17. The molecule has 152 valence electrons. The lowest BCUT2D eigenvalue weighted by atomic mass is 9.68. The highest BCUT2D eigenvalue weighted by atomic mass is 14.4. The number of benzene rings is 1. The Morgan fingerprint density at radius 3 is 1.89 bits per heavy atom. The summed E-state index contributed by atoms with van der Waals surface area (Å²) in [6.07, 6.45) is 21.6. The molecule has 0 bridgehead atoms. The quantitative estimate of drug-likeness (QED) is 0.382. The first-order valence-electron chi connectivity index (χ1n) is 12.4. The Bertz CT molecular complexity index is 497. The van der Waals surface area contributed by atoms with E-state index in [1.165, 1.54) is 96.3 Å². The number of rotatable bonds is 9. The second-order valence-corrected chi connectivity index (χ2v) is 9.73. The molecule has 2 saturated carbocycles. The minimum absolute atomic E-state index is 0.840. The molecule has 0 radical (unpaired) electrons. The first-order chi connectivity index (χ1) is 13.3. The van der Waals surface area contributed by atoms with Gasteiger partial charge in [-0.25, -0.2) is 0 Å². The van der Waals surface area contributed by atoms with E-state index in [4.69, 9.17) is 0 Å². The minimum Gasteiger partial charge on any atom is -0.0654 e. The first-order valence-corrected chi connectivity index (χ1v) is 12.4. The van der Waals surface area contributed by atoms with E-state index in [1.807, 2.05) is 0 Å². The van der Waals surface area contributed by atoms with E-state index in [1.54, 1.807) is 11.1 Å². The predicted octanol–water partition coefficient (Wildman–Crippen LogP) is 8.69. The van der Waals surface area contributed by atoms with Gasteiger partial charge in [0.25, 0.3) is 0 Å². The summed E-state index contributed by atoms with van der Waals surface area (Å²) in [7, 11) is 0. The summed E-state index contributed by atoms with van der Waals surface area (Å²) < 4.78 is 0. The Balaban J connectivity index is 1.40. The molecule has 0 heteroatoms. The van der Waals surface area contributed by atoms with E-state index in [-0.39, 0.29) is 0 Å². The van der Waals surface area contributed by atoms with Crippen LogP contribution in [0.5, 0.6) is 0 Å². The van der Waals surface area contributed by atoms with Crippen LogP contribution in [0.25, 0.3) is 0 Å². The smallest absolute Gasteiger partial charge is 0.0162 e. The van der Waals surface area contributed by atoms with Crippen LogP contribution in [0, 0.1) is 17.8 Å². The van der Waals surface area contributed by atoms with E-state index >= 15 is 0 Å². The topological polar surface area (TPSA) is 0 Å². The van der Waals surface area contributed by atoms with Crippen LogP contribution >= 0.6 is 0 Å². The summed E-state index contributed by atoms with van der Waals surface area (Å²) in [4.78, 5) is 0. The molecule has 0 aliphatic heterocycles. The molecule has 1 aromatic rings. The molecule has 27 heavy (non-hydrogen) atoms. The van der Waals surface area contributed by atoms with E-state index in [2.05, 4.69) is 38.1 Å². The van der Waals surface area contributed by atoms with Gasteiger partial charge >= 0.3 is 0 Å². The number of hydrogen-bond acceptors (Lipinski definition) is 0. The lowest BCUT2D eigenvalue weighted by Crippen LogP contribution is -2.25. The maximum Gasteiger partial charge on any atom is -0.0162 e. The van der Waals surface area contributed by atoms with Gasteiger partial charge in [0.1, 0.15) is 0 Å². The van der Waals surface area contributed by atoms with Crippen molar-refractivity contribution in [3.05, 3.63) is 35.4 Å². The van der Waals surface area contributed by atoms with Gasteiger partial charge in [0.05, 0.1) is 0 Å². The van der Waals surface area contributed by atoms with Gasteiger partial charge in [0, 0.05) is 0 Å². The summed E-state index contributed by atoms with van der Waals surface area (Å²) in [5.74, 6) is 4.00. The lowest BCUT2D eigenvalue weighted by molar-refractivity contribution is 0.156. The molecule has 0 unspecified atom stereocenters. The molecule has 0 heterocycles. The normalized spacial score (nSPS) is 29.0. The van der Waals surface area contributed by atoms with Crippen LogP contribution in [0.1, 0.15) is 121 Å². The van der Waals surface area contributed by atoms with Crippen molar-refractivity contribution < 1.29 is 0 Å². The minimum atomic E-state index is 0.840. The van der Waals surface area contributed by atoms with Crippen molar-refractivity contribution in [1.82, 2.24) is 0 Å². The van der Waals surface area contributed by atoms with Gasteiger partial charge in [-0.05, 0) is 86.2 Å². The van der Waals surface area contributed by atoms with Gasteiger partial charge in [-0.2, -0.15) is 0 Å². The largest absolute Gasteiger partial charge is 0.0654 e. The third-order valence-electron chi connectivity index (χ3n) is 7.80. The van der Waals surface area contributed by atoms with Crippen LogP contribution in [-0.4, -0.2) is 0 Å². The van der Waals surface area contributed by atoms with Gasteiger partial charge in [0.15, 0.2) is 0 Å². The van der Waals surface area contributed by atoms with Crippen LogP contribution in [-0.2, 0) is 6.42 Å². The fraction of sp³-hybridized carbons (Fsp3) is 0.778. The Labute approximate surface area is 169 Å². The fourth-order valence-electron chi connectivity index (χ4n) is 5.99. The first kappa shape index (κ1) is 20.9. The second kappa shape index (κ2) is 11.3. The van der Waals surface area contributed by atoms with E-state index in [9.17, 15) is 0 Å². The highest BCUT2D eigenvalue weighted by Gasteiger charge is 2.31. The maximum atomic E-state index is 2.45. The molecule has 0 atom stereocenters. The summed E-state index contributed by atoms with van der Waals surface area (Å²) in [6, 6.07) is 9.75. The molecule has 1 aromatic carbocycles. The standard InChI is InChI=1S/C27H44/c1-3-5-6-7-9-23-12-16-25(17-13-23)27-20-18-26(19-21-27)24-14-10-22(8-4-2)11-15-24/h12-13,16-17,22,24,26-27H,3-11,14-15,18-21H2,1-2H3/t22-,24-,26-,27-. The molecule has 0 amide bonds. The van der Waals surface area contributed by atoms with Gasteiger partial charge in [0.2, 0.25) is 0 Å². The van der Waals surface area contributed by atoms with Crippen LogP contribution in [0.4, 0.5) is 0 Å². The monoisotopic (exact) mass is 368 g/mol. The molecule has 0 nitrogen and oxygen atoms in total. The van der Waals surface area contributed by atoms with Crippen molar-refractivity contribution >= 4 is 0 Å². The van der Waals surface area contributed by atoms with Crippen molar-refractivity contribution in [2.75, 3.05) is 0 Å². The molecule has 0 saturated heterocycles. The second-order valence-electron chi connectivity index (χ2n) is 9.73. The zero-order valence-electron chi connectivity index (χ0n) is 18.2. The maximum absolute atomic E-state index is 2.45. The molecule has 2 aliphatic rings. The van der Waals surface area contributed by atoms with Crippen molar-refractivity contribution in [1.29, 1.82) is 0 Å². The summed E-state index contributed by atoms with van der Waals surface area (Å²) in [6.45, 7) is 4.65. The molecular formula is C27H44. The molecule has 2 aliphatic carbocycles. The van der Waals surface area contributed by atoms with Gasteiger partial charge in [-0.15, -0.1) is 0 Å². The predicted molar refractivity (Wildman–Crippen MR) is 119 cm³/mol. The van der Waals surface area contributed by atoms with Crippen LogP contribution < -0.4 is 0 Å². The zero-order chi connectivity index (χ0) is 18.9. The molecule has 0 N–H and O–H groups in total. The summed E-state index contributed by atoms with van der Waals surface area (Å²) >= 11 is 0. The number of hydrogen-bond donors (Lipinski definition) is 0. The van der Waals surface area contributed by atoms with Gasteiger partial charge in [-0.1, -0.05) is 83.1 Å². The molecule has 0 spiro atoms. The zero-order valence-corrected chi connectivity index (χ0v) is 18.2. The number of unbranched alkanes of at least 4 members (excludes halogenated alkanes) is 3. The van der Waals surface area contributed by atoms with Crippen molar-refractivity contribution in [2.45, 2.75) is 116 Å². The van der Waals surface area contributed by atoms with Crippen molar-refractivity contribution in [3.63, 3.8) is 0 Å². The average Bonchev–Trinajstić information content (AvgIpc) is 2.73. The summed E-state index contributed by atoms with van der Waals surface area (Å²) in [5, 5.41) is 0. The Hall–Kier alpha value is -0.780. The van der Waals surface area contributed by atoms with Gasteiger partial charge in [-0.3, -0.25) is 0 Å². The SMILES string of the molecule is CCCCCCc1ccc([C@H]2CC[C@H]([C@H]3CC[C@H](CCC)CC3)CC2)cc1. The highest BCUT2D eigenvalue weighted by Crippen LogP contribution is 2.44. The number of aryl methyl sites for hydroxylation is 1. The van der Waals surface area contributed by atoms with Crippen LogP contribution in [0.15, 0.2) is 24.3 Å². The average molecular weight is 369 g/mol. The van der Waals surface area contributed by atoms with Crippen LogP contribution in [0.3, 0.4) is 0 Å². The van der Waals surface area contributed by atoms with Crippen molar-refractivity contribution in [3.8, 4) is 0 Å². The highest BCUT2D eigenvalue weighted by molar-refractivity contribution is 5.26. The van der Waals surface area contributed by atoms with E-state index in [0.29, 0.717) is 0 Å². The van der Waals surface area contributed by atoms with E-state index in [0.717, 1.165) is 23.7 Å². The molecular weight excluding hydrogens is 324 g/mol. The Morgan fingerprint density at radius 1 is 0.667 bits per heavy atom.